The minimum absolute atomic E-state index is 0.0683. The number of H-pyrrole nitrogens is 2. The van der Waals surface area contributed by atoms with Gasteiger partial charge in [0.25, 0.3) is 0 Å². The molecule has 128 valence electrons. The fraction of sp³-hybridized carbons (Fsp3) is 0.438. The monoisotopic (exact) mass is 332 g/mol. The molecule has 2 atom stereocenters. The van der Waals surface area contributed by atoms with E-state index >= 15 is 0 Å². The predicted molar refractivity (Wildman–Crippen MR) is 88.3 cm³/mol. The Morgan fingerprint density at radius 2 is 1.83 bits per heavy atom. The number of rotatable bonds is 4. The lowest BCUT2D eigenvalue weighted by Crippen LogP contribution is -2.32. The number of nitrogens with zero attached hydrogens (tertiary/aromatic N) is 1. The molecule has 1 aliphatic rings. The van der Waals surface area contributed by atoms with Crippen molar-refractivity contribution in [2.75, 3.05) is 11.9 Å². The molecular weight excluding hydrogens is 312 g/mol. The van der Waals surface area contributed by atoms with Crippen LogP contribution >= 0.6 is 0 Å². The standard InChI is InChI=1S/C16H20N4O4/c1-9(2)13-12(7-8-24-13)14(21)17-10-3-5-11(6-4-10)20-15(22)18-19-16(20)23/h3-6,9,12-13H,7-8H2,1-2H3,(H,17,21)(H,18,22)(H,19,23)/t12-,13-/m0/s1. The first kappa shape index (κ1) is 16.3. The molecule has 1 aliphatic heterocycles. The average molecular weight is 332 g/mol. The van der Waals surface area contributed by atoms with E-state index in [4.69, 9.17) is 4.74 Å². The van der Waals surface area contributed by atoms with Crippen LogP contribution in [0.4, 0.5) is 5.69 Å². The molecular formula is C16H20N4O4. The molecule has 2 aromatic rings. The van der Waals surface area contributed by atoms with Crippen LogP contribution in [0.5, 0.6) is 0 Å². The molecule has 2 heterocycles. The number of hydrogen-bond donors (Lipinski definition) is 3. The third-order valence-corrected chi connectivity index (χ3v) is 4.21. The molecule has 8 heteroatoms. The first-order chi connectivity index (χ1) is 11.5. The zero-order chi connectivity index (χ0) is 17.3. The summed E-state index contributed by atoms with van der Waals surface area (Å²) in [7, 11) is 0. The first-order valence-corrected chi connectivity index (χ1v) is 7.90. The van der Waals surface area contributed by atoms with Crippen LogP contribution in [0.2, 0.25) is 0 Å². The van der Waals surface area contributed by atoms with Crippen molar-refractivity contribution in [3.63, 3.8) is 0 Å². The summed E-state index contributed by atoms with van der Waals surface area (Å²) in [5.74, 6) is 0.0354. The van der Waals surface area contributed by atoms with Crippen molar-refractivity contribution in [2.45, 2.75) is 26.4 Å². The third-order valence-electron chi connectivity index (χ3n) is 4.21. The normalized spacial score (nSPS) is 20.5. The van der Waals surface area contributed by atoms with Crippen LogP contribution in [0, 0.1) is 11.8 Å². The minimum Gasteiger partial charge on any atom is -0.377 e. The molecule has 3 rings (SSSR count). The summed E-state index contributed by atoms with van der Waals surface area (Å²) >= 11 is 0. The van der Waals surface area contributed by atoms with Crippen molar-refractivity contribution >= 4 is 11.6 Å². The number of carbonyl (C=O) groups is 1. The number of ether oxygens (including phenoxy) is 1. The van der Waals surface area contributed by atoms with E-state index in [2.05, 4.69) is 15.5 Å². The van der Waals surface area contributed by atoms with E-state index in [0.29, 0.717) is 24.4 Å². The van der Waals surface area contributed by atoms with Gasteiger partial charge in [-0.25, -0.2) is 24.4 Å². The smallest absolute Gasteiger partial charge is 0.348 e. The molecule has 1 aromatic carbocycles. The van der Waals surface area contributed by atoms with E-state index in [9.17, 15) is 14.4 Å². The molecule has 0 spiro atoms. The SMILES string of the molecule is CC(C)[C@@H]1OCC[C@@H]1C(=O)Nc1ccc(-n2c(=O)[nH][nH]c2=O)cc1. The van der Waals surface area contributed by atoms with Gasteiger partial charge in [-0.15, -0.1) is 0 Å². The lowest BCUT2D eigenvalue weighted by Gasteiger charge is -2.21. The summed E-state index contributed by atoms with van der Waals surface area (Å²) in [6, 6.07) is 6.52. The molecule has 0 unspecified atom stereocenters. The van der Waals surface area contributed by atoms with Crippen molar-refractivity contribution in [1.82, 2.24) is 14.8 Å². The molecule has 0 bridgehead atoms. The molecule has 1 amide bonds. The highest BCUT2D eigenvalue weighted by atomic mass is 16.5. The van der Waals surface area contributed by atoms with E-state index in [-0.39, 0.29) is 23.8 Å². The number of hydrogen-bond acceptors (Lipinski definition) is 4. The molecule has 24 heavy (non-hydrogen) atoms. The van der Waals surface area contributed by atoms with Gasteiger partial charge in [0, 0.05) is 12.3 Å². The van der Waals surface area contributed by atoms with Gasteiger partial charge in [0.15, 0.2) is 0 Å². The van der Waals surface area contributed by atoms with Crippen molar-refractivity contribution in [3.8, 4) is 5.69 Å². The maximum absolute atomic E-state index is 12.4. The Labute approximate surface area is 137 Å². The third kappa shape index (κ3) is 3.05. The summed E-state index contributed by atoms with van der Waals surface area (Å²) in [5.41, 5.74) is -0.0535. The van der Waals surface area contributed by atoms with Crippen LogP contribution in [-0.2, 0) is 9.53 Å². The highest BCUT2D eigenvalue weighted by Gasteiger charge is 2.35. The van der Waals surface area contributed by atoms with Crippen LogP contribution in [0.25, 0.3) is 5.69 Å². The molecule has 0 saturated carbocycles. The largest absolute Gasteiger partial charge is 0.377 e. The topological polar surface area (TPSA) is 109 Å². The van der Waals surface area contributed by atoms with Crippen molar-refractivity contribution < 1.29 is 9.53 Å². The van der Waals surface area contributed by atoms with Gasteiger partial charge >= 0.3 is 11.4 Å². The Kier molecular flexibility index (Phi) is 4.39. The Morgan fingerprint density at radius 1 is 1.21 bits per heavy atom. The molecule has 1 fully saturated rings. The Balaban J connectivity index is 1.74. The predicted octanol–water partition coefficient (Wildman–Crippen LogP) is 0.854. The summed E-state index contributed by atoms with van der Waals surface area (Å²) < 4.78 is 6.62. The number of anilines is 1. The van der Waals surface area contributed by atoms with E-state index in [1.54, 1.807) is 24.3 Å². The molecule has 1 saturated heterocycles. The Bertz CT molecular complexity index is 803. The highest BCUT2D eigenvalue weighted by Crippen LogP contribution is 2.28. The number of nitrogens with one attached hydrogen (secondary N) is 3. The van der Waals surface area contributed by atoms with Crippen LogP contribution in [0.15, 0.2) is 33.9 Å². The second-order valence-electron chi connectivity index (χ2n) is 6.21. The average Bonchev–Trinajstić information content (AvgIpc) is 3.16. The van der Waals surface area contributed by atoms with Crippen molar-refractivity contribution in [2.24, 2.45) is 11.8 Å². The van der Waals surface area contributed by atoms with Gasteiger partial charge < -0.3 is 10.1 Å². The second-order valence-corrected chi connectivity index (χ2v) is 6.21. The summed E-state index contributed by atoms with van der Waals surface area (Å²) in [6.45, 7) is 4.67. The van der Waals surface area contributed by atoms with Crippen LogP contribution in [0.1, 0.15) is 20.3 Å². The molecule has 3 N–H and O–H groups in total. The fourth-order valence-corrected chi connectivity index (χ4v) is 3.02. The maximum Gasteiger partial charge on any atom is 0.348 e. The van der Waals surface area contributed by atoms with Crippen molar-refractivity contribution in [3.05, 3.63) is 45.2 Å². The van der Waals surface area contributed by atoms with Gasteiger partial charge in [-0.2, -0.15) is 0 Å². The first-order valence-electron chi connectivity index (χ1n) is 7.90. The molecule has 0 radical (unpaired) electrons. The van der Waals surface area contributed by atoms with Crippen LogP contribution in [0.3, 0.4) is 0 Å². The second kappa shape index (κ2) is 6.48. The van der Waals surface area contributed by atoms with Gasteiger partial charge in [-0.1, -0.05) is 13.8 Å². The lowest BCUT2D eigenvalue weighted by molar-refractivity contribution is -0.122. The van der Waals surface area contributed by atoms with E-state index in [1.165, 1.54) is 0 Å². The zero-order valence-electron chi connectivity index (χ0n) is 13.5. The Hall–Kier alpha value is -2.61. The van der Waals surface area contributed by atoms with Gasteiger partial charge in [0.05, 0.1) is 17.7 Å². The van der Waals surface area contributed by atoms with E-state index < -0.39 is 11.4 Å². The van der Waals surface area contributed by atoms with Gasteiger partial charge in [0.2, 0.25) is 5.91 Å². The summed E-state index contributed by atoms with van der Waals surface area (Å²) in [6.07, 6.45) is 0.641. The number of carbonyl (C=O) groups excluding carboxylic acids is 1. The van der Waals surface area contributed by atoms with E-state index in [0.717, 1.165) is 4.57 Å². The molecule has 1 aromatic heterocycles. The fourth-order valence-electron chi connectivity index (χ4n) is 3.02. The molecule has 8 nitrogen and oxygen atoms in total. The summed E-state index contributed by atoms with van der Waals surface area (Å²) in [4.78, 5) is 35.6. The maximum atomic E-state index is 12.4. The number of amides is 1. The highest BCUT2D eigenvalue weighted by molar-refractivity contribution is 5.93. The van der Waals surface area contributed by atoms with Gasteiger partial charge in [-0.3, -0.25) is 4.79 Å². The van der Waals surface area contributed by atoms with Crippen LogP contribution < -0.4 is 16.7 Å². The quantitative estimate of drug-likeness (QED) is 0.771. The van der Waals surface area contributed by atoms with Gasteiger partial charge in [-0.05, 0) is 36.6 Å². The lowest BCUT2D eigenvalue weighted by atomic mass is 9.92. The van der Waals surface area contributed by atoms with Crippen molar-refractivity contribution in [1.29, 1.82) is 0 Å². The van der Waals surface area contributed by atoms with Gasteiger partial charge in [0.1, 0.15) is 0 Å². The molecule has 0 aliphatic carbocycles. The number of aromatic nitrogens is 3. The number of aromatic amines is 2. The van der Waals surface area contributed by atoms with Crippen LogP contribution in [-0.4, -0.2) is 33.4 Å². The van der Waals surface area contributed by atoms with E-state index in [1.807, 2.05) is 13.8 Å². The summed E-state index contributed by atoms with van der Waals surface area (Å²) in [5, 5.41) is 7.31. The Morgan fingerprint density at radius 3 is 2.42 bits per heavy atom. The minimum atomic E-state index is -0.542. The zero-order valence-corrected chi connectivity index (χ0v) is 13.5. The number of benzene rings is 1.